The Bertz CT molecular complexity index is 263. The zero-order chi connectivity index (χ0) is 8.55. The molecule has 1 nitrogen and oxygen atoms in total. The Morgan fingerprint density at radius 2 is 2.25 bits per heavy atom. The van der Waals surface area contributed by atoms with E-state index in [1.165, 1.54) is 22.6 Å². The van der Waals surface area contributed by atoms with Crippen molar-refractivity contribution in [3.63, 3.8) is 0 Å². The molecule has 66 valence electrons. The van der Waals surface area contributed by atoms with Gasteiger partial charge in [-0.25, -0.2) is 0 Å². The van der Waals surface area contributed by atoms with Crippen LogP contribution in [0.15, 0.2) is 12.1 Å². The molecule has 1 atom stereocenters. The zero-order valence-corrected chi connectivity index (χ0v) is 8.45. The van der Waals surface area contributed by atoms with Crippen molar-refractivity contribution in [2.24, 2.45) is 0 Å². The first-order valence-electron chi connectivity index (χ1n) is 4.58. The number of nitrogens with one attached hydrogen (secondary N) is 1. The summed E-state index contributed by atoms with van der Waals surface area (Å²) in [5.74, 6) is 0. The molecular formula is C10H15NS. The van der Waals surface area contributed by atoms with Crippen molar-refractivity contribution in [1.29, 1.82) is 0 Å². The second kappa shape index (κ2) is 3.19. The minimum Gasteiger partial charge on any atom is -0.307 e. The summed E-state index contributed by atoms with van der Waals surface area (Å²) in [7, 11) is 0. The summed E-state index contributed by atoms with van der Waals surface area (Å²) in [6, 6.07) is 5.80. The molecule has 12 heavy (non-hydrogen) atoms. The lowest BCUT2D eigenvalue weighted by molar-refractivity contribution is 0.579. The van der Waals surface area contributed by atoms with E-state index in [1.807, 2.05) is 11.3 Å². The first kappa shape index (κ1) is 8.27. The van der Waals surface area contributed by atoms with Crippen molar-refractivity contribution < 1.29 is 0 Å². The van der Waals surface area contributed by atoms with Crippen LogP contribution in [0, 0.1) is 6.92 Å². The summed E-state index contributed by atoms with van der Waals surface area (Å²) in [6.07, 6.45) is 2.74. The van der Waals surface area contributed by atoms with E-state index >= 15 is 0 Å². The predicted octanol–water partition coefficient (Wildman–Crippen LogP) is 2.87. The number of hydrogen-bond donors (Lipinski definition) is 1. The Morgan fingerprint density at radius 1 is 1.50 bits per heavy atom. The van der Waals surface area contributed by atoms with Gasteiger partial charge in [0, 0.05) is 21.8 Å². The topological polar surface area (TPSA) is 12.0 Å². The molecule has 0 unspecified atom stereocenters. The third-order valence-electron chi connectivity index (χ3n) is 2.25. The molecule has 2 heteroatoms. The first-order valence-corrected chi connectivity index (χ1v) is 5.40. The first-order chi connectivity index (χ1) is 5.75. The highest BCUT2D eigenvalue weighted by Crippen LogP contribution is 2.27. The molecule has 0 aromatic carbocycles. The van der Waals surface area contributed by atoms with Crippen LogP contribution < -0.4 is 5.32 Å². The molecule has 0 spiro atoms. The lowest BCUT2D eigenvalue weighted by Crippen LogP contribution is -2.19. The van der Waals surface area contributed by atoms with E-state index in [0.717, 1.165) is 6.04 Å². The maximum absolute atomic E-state index is 3.59. The Kier molecular flexibility index (Phi) is 2.20. The molecule has 0 aliphatic heterocycles. The minimum absolute atomic E-state index is 0.552. The fourth-order valence-corrected chi connectivity index (χ4v) is 2.26. The molecule has 0 amide bonds. The minimum atomic E-state index is 0.552. The van der Waals surface area contributed by atoms with E-state index in [0.29, 0.717) is 6.04 Å². The van der Waals surface area contributed by atoms with Crippen LogP contribution in [0.3, 0.4) is 0 Å². The van der Waals surface area contributed by atoms with Gasteiger partial charge in [0.2, 0.25) is 0 Å². The molecule has 0 bridgehead atoms. The second-order valence-electron chi connectivity index (χ2n) is 3.61. The monoisotopic (exact) mass is 181 g/mol. The number of aryl methyl sites for hydroxylation is 1. The second-order valence-corrected chi connectivity index (χ2v) is 4.93. The van der Waals surface area contributed by atoms with Gasteiger partial charge in [-0.3, -0.25) is 0 Å². The molecule has 1 saturated carbocycles. The van der Waals surface area contributed by atoms with E-state index in [-0.39, 0.29) is 0 Å². The highest BCUT2D eigenvalue weighted by molar-refractivity contribution is 7.12. The van der Waals surface area contributed by atoms with Crippen LogP contribution >= 0.6 is 11.3 Å². The molecule has 0 radical (unpaired) electrons. The average molecular weight is 181 g/mol. The molecular weight excluding hydrogens is 166 g/mol. The fraction of sp³-hybridized carbons (Fsp3) is 0.600. The van der Waals surface area contributed by atoms with Gasteiger partial charge in [-0.05, 0) is 38.8 Å². The summed E-state index contributed by atoms with van der Waals surface area (Å²) < 4.78 is 0. The molecule has 0 saturated heterocycles. The highest BCUT2D eigenvalue weighted by atomic mass is 32.1. The van der Waals surface area contributed by atoms with Gasteiger partial charge in [0.15, 0.2) is 0 Å². The van der Waals surface area contributed by atoms with Gasteiger partial charge in [0.1, 0.15) is 0 Å². The van der Waals surface area contributed by atoms with Crippen molar-refractivity contribution in [3.05, 3.63) is 21.9 Å². The molecule has 1 aliphatic carbocycles. The van der Waals surface area contributed by atoms with Crippen molar-refractivity contribution in [1.82, 2.24) is 5.32 Å². The third kappa shape index (κ3) is 1.87. The quantitative estimate of drug-likeness (QED) is 0.756. The maximum Gasteiger partial charge on any atom is 0.0388 e. The maximum atomic E-state index is 3.59. The Hall–Kier alpha value is -0.340. The number of hydrogen-bond acceptors (Lipinski definition) is 2. The van der Waals surface area contributed by atoms with Crippen molar-refractivity contribution in [2.75, 3.05) is 0 Å². The number of thiophene rings is 1. The molecule has 1 fully saturated rings. The van der Waals surface area contributed by atoms with Crippen LogP contribution in [0.25, 0.3) is 0 Å². The molecule has 1 heterocycles. The van der Waals surface area contributed by atoms with Gasteiger partial charge < -0.3 is 5.32 Å². The Morgan fingerprint density at radius 3 is 2.75 bits per heavy atom. The summed E-state index contributed by atoms with van der Waals surface area (Å²) in [6.45, 7) is 4.42. The summed E-state index contributed by atoms with van der Waals surface area (Å²) in [4.78, 5) is 2.88. The highest BCUT2D eigenvalue weighted by Gasteiger charge is 2.23. The van der Waals surface area contributed by atoms with Crippen LogP contribution in [-0.4, -0.2) is 6.04 Å². The van der Waals surface area contributed by atoms with E-state index in [9.17, 15) is 0 Å². The van der Waals surface area contributed by atoms with Gasteiger partial charge in [-0.2, -0.15) is 0 Å². The lowest BCUT2D eigenvalue weighted by atomic mass is 10.2. The molecule has 1 aromatic rings. The van der Waals surface area contributed by atoms with Crippen molar-refractivity contribution in [2.45, 2.75) is 38.8 Å². The van der Waals surface area contributed by atoms with Crippen LogP contribution in [-0.2, 0) is 0 Å². The SMILES string of the molecule is Cc1ccc([C@H](C)NC2CC2)s1. The summed E-state index contributed by atoms with van der Waals surface area (Å²) >= 11 is 1.90. The van der Waals surface area contributed by atoms with Crippen LogP contribution in [0.4, 0.5) is 0 Å². The molecule has 2 rings (SSSR count). The van der Waals surface area contributed by atoms with Crippen LogP contribution in [0.2, 0.25) is 0 Å². The van der Waals surface area contributed by atoms with Gasteiger partial charge in [0.25, 0.3) is 0 Å². The molecule has 1 N–H and O–H groups in total. The zero-order valence-electron chi connectivity index (χ0n) is 7.63. The fourth-order valence-electron chi connectivity index (χ4n) is 1.37. The third-order valence-corrected chi connectivity index (χ3v) is 3.43. The van der Waals surface area contributed by atoms with E-state index in [1.54, 1.807) is 0 Å². The summed E-state index contributed by atoms with van der Waals surface area (Å²) in [5.41, 5.74) is 0. The standard InChI is InChI=1S/C10H15NS/c1-7-3-6-10(12-7)8(2)11-9-4-5-9/h3,6,8-9,11H,4-5H2,1-2H3/t8-/m0/s1. The van der Waals surface area contributed by atoms with E-state index in [2.05, 4.69) is 31.3 Å². The number of rotatable bonds is 3. The van der Waals surface area contributed by atoms with Gasteiger partial charge in [0.05, 0.1) is 0 Å². The molecule has 1 aliphatic rings. The smallest absolute Gasteiger partial charge is 0.0388 e. The lowest BCUT2D eigenvalue weighted by Gasteiger charge is -2.10. The summed E-state index contributed by atoms with van der Waals surface area (Å²) in [5, 5.41) is 3.59. The Labute approximate surface area is 77.8 Å². The van der Waals surface area contributed by atoms with Gasteiger partial charge >= 0.3 is 0 Å². The largest absolute Gasteiger partial charge is 0.307 e. The predicted molar refractivity (Wildman–Crippen MR) is 53.6 cm³/mol. The average Bonchev–Trinajstić information content (AvgIpc) is 2.72. The van der Waals surface area contributed by atoms with Crippen molar-refractivity contribution >= 4 is 11.3 Å². The van der Waals surface area contributed by atoms with E-state index < -0.39 is 0 Å². The van der Waals surface area contributed by atoms with Gasteiger partial charge in [-0.1, -0.05) is 0 Å². The van der Waals surface area contributed by atoms with E-state index in [4.69, 9.17) is 0 Å². The van der Waals surface area contributed by atoms with Crippen LogP contribution in [0.5, 0.6) is 0 Å². The Balaban J connectivity index is 1.97. The van der Waals surface area contributed by atoms with Crippen LogP contribution in [0.1, 0.15) is 35.6 Å². The van der Waals surface area contributed by atoms with Gasteiger partial charge in [-0.15, -0.1) is 11.3 Å². The van der Waals surface area contributed by atoms with Crippen molar-refractivity contribution in [3.8, 4) is 0 Å². The normalized spacial score (nSPS) is 19.5. The molecule has 1 aromatic heterocycles.